The molecule has 210 valence electrons. The quantitative estimate of drug-likeness (QED) is 0.108. The summed E-state index contributed by atoms with van der Waals surface area (Å²) in [4.78, 5) is 31.3. The number of rotatable bonds is 12. The summed E-state index contributed by atoms with van der Waals surface area (Å²) in [7, 11) is -2.60. The van der Waals surface area contributed by atoms with Crippen molar-refractivity contribution >= 4 is 31.3 Å². The highest BCUT2D eigenvalue weighted by molar-refractivity contribution is 7.80. The third kappa shape index (κ3) is 7.19. The van der Waals surface area contributed by atoms with Crippen molar-refractivity contribution in [1.29, 1.82) is 0 Å². The van der Waals surface area contributed by atoms with Crippen LogP contribution in [0.3, 0.4) is 0 Å². The van der Waals surface area contributed by atoms with Crippen molar-refractivity contribution < 1.29 is 33.8 Å². The fourth-order valence-corrected chi connectivity index (χ4v) is 4.88. The maximum Gasteiger partial charge on any atom is 0.395 e. The van der Waals surface area contributed by atoms with Gasteiger partial charge in [-0.05, 0) is 49.3 Å². The van der Waals surface area contributed by atoms with E-state index in [-0.39, 0.29) is 22.4 Å². The molecule has 4 N–H and O–H groups in total. The maximum absolute atomic E-state index is 12.7. The number of hydrogen-bond donors (Lipinski definition) is 3. The van der Waals surface area contributed by atoms with Crippen molar-refractivity contribution in [3.05, 3.63) is 57.5 Å². The van der Waals surface area contributed by atoms with Crippen LogP contribution in [0.1, 0.15) is 32.9 Å². The number of ether oxygens (including phenoxy) is 3. The first kappa shape index (κ1) is 30.2. The number of nitrogens with two attached hydrogens (primary N) is 1. The third-order valence-corrected chi connectivity index (χ3v) is 6.77. The average Bonchev–Trinajstić information content (AvgIpc) is 3.13. The Kier molecular flexibility index (Phi) is 10.5. The van der Waals surface area contributed by atoms with Gasteiger partial charge in [-0.15, -0.1) is 0 Å². The lowest BCUT2D eigenvalue weighted by atomic mass is 10.1. The highest BCUT2D eigenvalue weighted by Crippen LogP contribution is 2.40. The number of para-hydroxylation sites is 2. The van der Waals surface area contributed by atoms with Crippen molar-refractivity contribution in [3.8, 4) is 11.5 Å². The van der Waals surface area contributed by atoms with Gasteiger partial charge in [-0.25, -0.2) is 4.79 Å². The van der Waals surface area contributed by atoms with Crippen LogP contribution in [-0.4, -0.2) is 62.0 Å². The Balaban J connectivity index is 1.83. The van der Waals surface area contributed by atoms with E-state index in [9.17, 15) is 19.9 Å². The highest BCUT2D eigenvalue weighted by Gasteiger charge is 2.56. The lowest BCUT2D eigenvalue weighted by molar-refractivity contribution is -0.169. The molecule has 1 saturated heterocycles. The van der Waals surface area contributed by atoms with Crippen LogP contribution in [-0.2, 0) is 9.47 Å². The minimum atomic E-state index is -2.60. The van der Waals surface area contributed by atoms with Crippen LogP contribution < -0.4 is 25.6 Å². The van der Waals surface area contributed by atoms with Crippen LogP contribution in [0.2, 0.25) is 0 Å². The Morgan fingerprint density at radius 3 is 2.74 bits per heavy atom. The Bertz CT molecular complexity index is 1310. The second-order valence-corrected chi connectivity index (χ2v) is 9.55. The average molecular weight is 582 g/mol. The molecule has 15 nitrogen and oxygen atoms in total. The molecule has 1 fully saturated rings. The smallest absolute Gasteiger partial charge is 0.395 e. The van der Waals surface area contributed by atoms with Gasteiger partial charge < -0.3 is 35.1 Å². The third-order valence-electron chi connectivity index (χ3n) is 5.56. The van der Waals surface area contributed by atoms with Gasteiger partial charge in [0.15, 0.2) is 23.1 Å². The first-order valence-electron chi connectivity index (χ1n) is 11.8. The fraction of sp³-hybridized carbons (Fsp3) is 0.500. The molecule has 2 aromatic rings. The van der Waals surface area contributed by atoms with Crippen molar-refractivity contribution in [3.63, 3.8) is 0 Å². The van der Waals surface area contributed by atoms with E-state index in [1.807, 2.05) is 6.92 Å². The molecular weight excluding hydrogens is 553 g/mol. The Labute approximate surface area is 229 Å². The number of nitrogen functional groups attached to an aromatic ring is 1. The lowest BCUT2D eigenvalue weighted by Crippen LogP contribution is -2.46. The van der Waals surface area contributed by atoms with Crippen LogP contribution in [0.15, 0.2) is 51.2 Å². The van der Waals surface area contributed by atoms with Crippen LogP contribution in [0, 0.1) is 0 Å². The van der Waals surface area contributed by atoms with E-state index in [1.54, 1.807) is 19.1 Å². The molecule has 0 radical (unpaired) electrons. The molecule has 1 aromatic carbocycles. The predicted molar refractivity (Wildman–Crippen MR) is 142 cm³/mol. The Hall–Kier alpha value is -3.36. The number of thiocarbonyl (C=S) groups is 1. The molecule has 17 heteroatoms. The van der Waals surface area contributed by atoms with Crippen molar-refractivity contribution in [2.75, 3.05) is 18.9 Å². The largest absolute Gasteiger partial charge is 0.575 e. The molecule has 0 saturated carbocycles. The summed E-state index contributed by atoms with van der Waals surface area (Å²) in [6.07, 6.45) is -2.53. The number of benzene rings is 1. The van der Waals surface area contributed by atoms with E-state index >= 15 is 0 Å². The summed E-state index contributed by atoms with van der Waals surface area (Å²) in [5, 5.41) is 25.1. The second kappa shape index (κ2) is 13.6. The molecule has 2 heterocycles. The molecule has 0 amide bonds. The van der Waals surface area contributed by atoms with Crippen LogP contribution in [0.4, 0.5) is 5.82 Å². The lowest BCUT2D eigenvalue weighted by Gasteiger charge is -2.26. The highest BCUT2D eigenvalue weighted by atomic mass is 32.1. The second-order valence-electron chi connectivity index (χ2n) is 8.26. The topological polar surface area (TPSA) is 222 Å². The monoisotopic (exact) mass is 581 g/mol. The predicted octanol–water partition coefficient (Wildman–Crippen LogP) is 1.93. The van der Waals surface area contributed by atoms with E-state index < -0.39 is 50.7 Å². The molecule has 1 aliphatic rings. The van der Waals surface area contributed by atoms with Crippen molar-refractivity contribution in [2.24, 2.45) is 9.86 Å². The van der Waals surface area contributed by atoms with Crippen molar-refractivity contribution in [1.82, 2.24) is 9.55 Å². The van der Waals surface area contributed by atoms with Gasteiger partial charge in [0.05, 0.1) is 6.61 Å². The number of nitrogens with zero attached hydrogens (tertiary/aromatic N) is 6. The minimum Gasteiger partial charge on any atom is -0.575 e. The summed E-state index contributed by atoms with van der Waals surface area (Å²) in [6, 6.07) is 6.82. The summed E-state index contributed by atoms with van der Waals surface area (Å²) in [5.74, 6) is 0.0129. The van der Waals surface area contributed by atoms with Gasteiger partial charge in [0.2, 0.25) is 11.5 Å². The van der Waals surface area contributed by atoms with Gasteiger partial charge in [0.25, 0.3) is 0 Å². The molecule has 1 aliphatic heterocycles. The van der Waals surface area contributed by atoms with Gasteiger partial charge in [0, 0.05) is 11.1 Å². The van der Waals surface area contributed by atoms with E-state index in [4.69, 9.17) is 42.2 Å². The van der Waals surface area contributed by atoms with Gasteiger partial charge in [-0.1, -0.05) is 35.3 Å². The van der Waals surface area contributed by atoms with Gasteiger partial charge >= 0.3 is 13.9 Å². The summed E-state index contributed by atoms with van der Waals surface area (Å²) < 4.78 is 27.3. The Morgan fingerprint density at radius 1 is 1.38 bits per heavy atom. The summed E-state index contributed by atoms with van der Waals surface area (Å²) >= 11 is 5.21. The molecule has 6 atom stereocenters. The number of aliphatic hydroxyl groups is 2. The zero-order chi connectivity index (χ0) is 28.6. The van der Waals surface area contributed by atoms with E-state index in [0.29, 0.717) is 13.0 Å². The standard InChI is InChI=1S/C22H28N7O8PS/c1-3-7-13(20(39)34-4-2)26-38(33)37-15-9-6-5-8-14(15)35-12-22(27-28-24)18(31)17(30)19(36-22)29-11-10-16(23)25-21(29)32/h5-6,8-11,13,17-19,30-31H,3-4,7,12H2,1-2H3,(H2,23,25,32)/t13-,17+,18-,19+,22+/m0/s1. The van der Waals surface area contributed by atoms with E-state index in [0.717, 1.165) is 11.0 Å². The first-order chi connectivity index (χ1) is 18.7. The van der Waals surface area contributed by atoms with Crippen LogP contribution in [0.25, 0.3) is 10.4 Å². The molecule has 1 aromatic heterocycles. The van der Waals surface area contributed by atoms with E-state index in [1.165, 1.54) is 24.4 Å². The summed E-state index contributed by atoms with van der Waals surface area (Å²) in [5.41, 5.74) is 11.6. The normalized spacial score (nSPS) is 23.5. The van der Waals surface area contributed by atoms with Gasteiger partial charge in [0.1, 0.15) is 24.6 Å². The fourth-order valence-electron chi connectivity index (χ4n) is 3.70. The molecule has 0 aliphatic carbocycles. The van der Waals surface area contributed by atoms with Gasteiger partial charge in [-0.3, -0.25) is 9.09 Å². The maximum atomic E-state index is 12.7. The number of hydrogen-bond acceptors (Lipinski definition) is 13. The van der Waals surface area contributed by atoms with Crippen LogP contribution in [0.5, 0.6) is 11.5 Å². The number of anilines is 1. The number of aliphatic hydroxyl groups excluding tert-OH is 2. The molecule has 3 rings (SSSR count). The van der Waals surface area contributed by atoms with Gasteiger partial charge in [-0.2, -0.15) is 4.98 Å². The van der Waals surface area contributed by atoms with Crippen LogP contribution >= 0.6 is 20.4 Å². The number of aromatic nitrogens is 2. The zero-order valence-corrected chi connectivity index (χ0v) is 22.8. The Morgan fingerprint density at radius 2 is 2.10 bits per heavy atom. The zero-order valence-electron chi connectivity index (χ0n) is 21.1. The van der Waals surface area contributed by atoms with Crippen molar-refractivity contribution in [2.45, 2.75) is 56.9 Å². The first-order valence-corrected chi connectivity index (χ1v) is 13.4. The molecule has 1 unspecified atom stereocenters. The SMILES string of the molecule is CCC[C@H](N=[P+]([O-])Oc1ccccc1OC[C@@]1(N=[N+]=[N-])O[C@@H](n2ccc(N)nc2=O)[C@H](O)[C@@H]1O)C(=S)OCC. The minimum absolute atomic E-state index is 0.0274. The number of azide groups is 1. The van der Waals surface area contributed by atoms with E-state index in [2.05, 4.69) is 19.8 Å². The molecule has 39 heavy (non-hydrogen) atoms. The molecule has 0 bridgehead atoms. The molecular formula is C22H28N7O8PS. The molecule has 0 spiro atoms. The summed E-state index contributed by atoms with van der Waals surface area (Å²) in [6.45, 7) is 3.43.